The van der Waals surface area contributed by atoms with E-state index in [4.69, 9.17) is 15.2 Å². The molecule has 0 amide bonds. The van der Waals surface area contributed by atoms with Crippen LogP contribution in [0.2, 0.25) is 0 Å². The Morgan fingerprint density at radius 3 is 2.77 bits per heavy atom. The fourth-order valence-electron chi connectivity index (χ4n) is 3.11. The number of nitrogens with zero attached hydrogens (tertiary/aromatic N) is 2. The summed E-state index contributed by atoms with van der Waals surface area (Å²) >= 11 is 0. The predicted molar refractivity (Wildman–Crippen MR) is 128 cm³/mol. The van der Waals surface area contributed by atoms with Gasteiger partial charge in [-0.1, -0.05) is 44.7 Å². The Balaban J connectivity index is 2.51. The monoisotopic (exact) mass is 416 g/mol. The molecule has 0 fully saturated rings. The van der Waals surface area contributed by atoms with Gasteiger partial charge in [0.05, 0.1) is 20.3 Å². The maximum atomic E-state index is 6.05. The molecule has 6 heteroatoms. The molecule has 3 N–H and O–H groups in total. The Morgan fingerprint density at radius 2 is 2.17 bits per heavy atom. The molecule has 0 aromatic heterocycles. The number of hydrogen-bond donors (Lipinski definition) is 2. The molecule has 0 saturated carbocycles. The van der Waals surface area contributed by atoms with Crippen molar-refractivity contribution in [2.45, 2.75) is 52.5 Å². The summed E-state index contributed by atoms with van der Waals surface area (Å²) in [5.41, 5.74) is 9.11. The van der Waals surface area contributed by atoms with Crippen molar-refractivity contribution >= 4 is 11.9 Å². The van der Waals surface area contributed by atoms with Crippen LogP contribution in [0.4, 0.5) is 0 Å². The van der Waals surface area contributed by atoms with Crippen molar-refractivity contribution in [1.29, 1.82) is 0 Å². The molecule has 1 rings (SSSR count). The predicted octanol–water partition coefficient (Wildman–Crippen LogP) is 4.17. The third-order valence-corrected chi connectivity index (χ3v) is 5.10. The molecule has 1 unspecified atom stereocenters. The zero-order chi connectivity index (χ0) is 22.4. The highest BCUT2D eigenvalue weighted by atomic mass is 16.5. The molecule has 0 saturated heterocycles. The molecule has 1 aliphatic carbocycles. The molecule has 30 heavy (non-hydrogen) atoms. The van der Waals surface area contributed by atoms with Crippen LogP contribution in [0.3, 0.4) is 0 Å². The third kappa shape index (κ3) is 10.0. The van der Waals surface area contributed by atoms with Crippen LogP contribution in [0, 0.1) is 5.92 Å². The maximum Gasteiger partial charge on any atom is 0.313 e. The van der Waals surface area contributed by atoms with Gasteiger partial charge in [-0.05, 0) is 56.7 Å². The van der Waals surface area contributed by atoms with Gasteiger partial charge in [0.15, 0.2) is 0 Å². The molecule has 6 nitrogen and oxygen atoms in total. The van der Waals surface area contributed by atoms with E-state index in [0.717, 1.165) is 25.7 Å². The molecule has 0 aliphatic heterocycles. The van der Waals surface area contributed by atoms with Gasteiger partial charge in [-0.15, -0.1) is 0 Å². The van der Waals surface area contributed by atoms with Crippen LogP contribution in [0.5, 0.6) is 0 Å². The van der Waals surface area contributed by atoms with Crippen molar-refractivity contribution in [2.75, 3.05) is 33.9 Å². The van der Waals surface area contributed by atoms with Crippen molar-refractivity contribution in [3.8, 4) is 0 Å². The van der Waals surface area contributed by atoms with Gasteiger partial charge in [-0.25, -0.2) is 4.99 Å². The number of methoxy groups -OCH3 is 1. The maximum absolute atomic E-state index is 6.05. The van der Waals surface area contributed by atoms with Crippen molar-refractivity contribution in [3.05, 3.63) is 47.6 Å². The molecular weight excluding hydrogens is 376 g/mol. The lowest BCUT2D eigenvalue weighted by molar-refractivity contribution is 0.118. The van der Waals surface area contributed by atoms with E-state index in [1.165, 1.54) is 18.3 Å². The second-order valence-corrected chi connectivity index (χ2v) is 7.70. The summed E-state index contributed by atoms with van der Waals surface area (Å²) in [6, 6.07) is 0.751. The number of nitrogens with two attached hydrogens (primary N) is 1. The smallest absolute Gasteiger partial charge is 0.313 e. The van der Waals surface area contributed by atoms with Crippen molar-refractivity contribution in [2.24, 2.45) is 21.6 Å². The number of allylic oxidation sites excluding steroid dienone is 5. The Bertz CT molecular complexity index is 685. The number of nitrogens with one attached hydrogen (secondary N) is 1. The number of hydrogen-bond acceptors (Lipinski definition) is 4. The number of aliphatic imine (C=N–C) groups is 2. The minimum Gasteiger partial charge on any atom is -0.467 e. The highest BCUT2D eigenvalue weighted by Gasteiger charge is 2.11. The van der Waals surface area contributed by atoms with E-state index in [2.05, 4.69) is 67.0 Å². The number of ether oxygens (including phenoxy) is 2. The highest BCUT2D eigenvalue weighted by molar-refractivity contribution is 6.03. The van der Waals surface area contributed by atoms with E-state index in [1.54, 1.807) is 0 Å². The third-order valence-electron chi connectivity index (χ3n) is 5.10. The molecule has 0 heterocycles. The normalized spacial score (nSPS) is 17.5. The Labute approximate surface area is 182 Å². The lowest BCUT2D eigenvalue weighted by Gasteiger charge is -2.19. The van der Waals surface area contributed by atoms with E-state index in [0.29, 0.717) is 37.3 Å². The summed E-state index contributed by atoms with van der Waals surface area (Å²) < 4.78 is 11.0. The van der Waals surface area contributed by atoms with E-state index in [9.17, 15) is 0 Å². The molecule has 0 radical (unpaired) electrons. The topological polar surface area (TPSA) is 81.2 Å². The first kappa shape index (κ1) is 25.9. The van der Waals surface area contributed by atoms with Crippen LogP contribution >= 0.6 is 0 Å². The van der Waals surface area contributed by atoms with Crippen molar-refractivity contribution < 1.29 is 9.47 Å². The second-order valence-electron chi connectivity index (χ2n) is 7.70. The molecule has 0 aromatic carbocycles. The fraction of sp³-hybridized carbons (Fsp3) is 0.583. The van der Waals surface area contributed by atoms with E-state index in [-0.39, 0.29) is 11.9 Å². The van der Waals surface area contributed by atoms with Gasteiger partial charge in [-0.3, -0.25) is 0 Å². The summed E-state index contributed by atoms with van der Waals surface area (Å²) in [7, 11) is 3.53. The van der Waals surface area contributed by atoms with Gasteiger partial charge in [0, 0.05) is 18.2 Å². The fourth-order valence-corrected chi connectivity index (χ4v) is 3.11. The van der Waals surface area contributed by atoms with Gasteiger partial charge in [-0.2, -0.15) is 4.99 Å². The van der Waals surface area contributed by atoms with E-state index < -0.39 is 0 Å². The van der Waals surface area contributed by atoms with Crippen LogP contribution in [0.25, 0.3) is 0 Å². The molecule has 0 bridgehead atoms. The standard InChI is InChI=1S/C24H40N4O2/c1-7-22(26-5)15-18(2)16-30-17-20(4)23(25)28-24(29-6)27-14-13-19(3)21-11-9-8-10-12-21/h9,11-13,18,22,26H,4,7-8,10,14-17H2,1-3,5-6H3,(H2,25,27,28)/b19-13+/t18-,22?/m1/s1. The Hall–Kier alpha value is -2.18. The summed E-state index contributed by atoms with van der Waals surface area (Å²) in [5, 5.41) is 3.32. The Morgan fingerprint density at radius 1 is 1.40 bits per heavy atom. The zero-order valence-electron chi connectivity index (χ0n) is 19.4. The van der Waals surface area contributed by atoms with Gasteiger partial charge in [0.1, 0.15) is 5.84 Å². The highest BCUT2D eigenvalue weighted by Crippen LogP contribution is 2.17. The minimum atomic E-state index is 0.235. The van der Waals surface area contributed by atoms with Gasteiger partial charge in [0.2, 0.25) is 0 Å². The summed E-state index contributed by atoms with van der Waals surface area (Å²) in [6.45, 7) is 11.9. The molecular formula is C24H40N4O2. The lowest BCUT2D eigenvalue weighted by Crippen LogP contribution is -2.28. The van der Waals surface area contributed by atoms with Crippen molar-refractivity contribution in [1.82, 2.24) is 5.32 Å². The first-order chi connectivity index (χ1) is 14.4. The molecule has 168 valence electrons. The molecule has 1 aliphatic rings. The first-order valence-corrected chi connectivity index (χ1v) is 10.8. The van der Waals surface area contributed by atoms with Crippen LogP contribution in [-0.2, 0) is 9.47 Å². The molecule has 0 aromatic rings. The SMILES string of the molecule is C=C(COC[C@H](C)CC(CC)NC)C(N)=NC(=NC/C=C(\C)C1=CCCC=C1)OC. The Kier molecular flexibility index (Phi) is 12.7. The minimum absolute atomic E-state index is 0.235. The van der Waals surface area contributed by atoms with Crippen molar-refractivity contribution in [3.63, 3.8) is 0 Å². The summed E-state index contributed by atoms with van der Waals surface area (Å²) in [6.07, 6.45) is 13.0. The van der Waals surface area contributed by atoms with Crippen LogP contribution in [0.1, 0.15) is 46.5 Å². The van der Waals surface area contributed by atoms with Gasteiger partial charge in [0.25, 0.3) is 0 Å². The largest absolute Gasteiger partial charge is 0.467 e. The quantitative estimate of drug-likeness (QED) is 0.370. The van der Waals surface area contributed by atoms with E-state index in [1.807, 2.05) is 7.05 Å². The second kappa shape index (κ2) is 14.7. The van der Waals surface area contributed by atoms with E-state index >= 15 is 0 Å². The van der Waals surface area contributed by atoms with Gasteiger partial charge >= 0.3 is 6.02 Å². The lowest BCUT2D eigenvalue weighted by atomic mass is 10.0. The molecule has 0 spiro atoms. The summed E-state index contributed by atoms with van der Waals surface area (Å²) in [4.78, 5) is 8.62. The van der Waals surface area contributed by atoms with Gasteiger partial charge < -0.3 is 20.5 Å². The average Bonchev–Trinajstić information content (AvgIpc) is 2.76. The number of rotatable bonds is 12. The average molecular weight is 417 g/mol. The zero-order valence-corrected chi connectivity index (χ0v) is 19.4. The summed E-state index contributed by atoms with van der Waals surface area (Å²) in [5.74, 6) is 0.733. The first-order valence-electron chi connectivity index (χ1n) is 10.8. The number of amidine groups is 2. The molecule has 2 atom stereocenters. The van der Waals surface area contributed by atoms with Crippen LogP contribution < -0.4 is 11.1 Å². The van der Waals surface area contributed by atoms with Crippen LogP contribution in [-0.4, -0.2) is 51.8 Å². The van der Waals surface area contributed by atoms with Crippen LogP contribution in [0.15, 0.2) is 57.6 Å².